The van der Waals surface area contributed by atoms with Crippen LogP contribution < -0.4 is 5.32 Å². The number of hydrogen-bond donors (Lipinski definition) is 7. The summed E-state index contributed by atoms with van der Waals surface area (Å²) in [5.41, 5.74) is 17.5. The Labute approximate surface area is 640 Å². The van der Waals surface area contributed by atoms with Gasteiger partial charge in [0.05, 0.1) is 17.7 Å². The predicted octanol–water partition coefficient (Wildman–Crippen LogP) is 24.9. The van der Waals surface area contributed by atoms with E-state index in [1.54, 1.807) is 39.1 Å². The number of hydrogen-bond acceptors (Lipinski definition) is 4. The summed E-state index contributed by atoms with van der Waals surface area (Å²) >= 11 is 0. The Bertz CT molecular complexity index is 4840. The number of aromatic nitrogens is 6. The van der Waals surface area contributed by atoms with Gasteiger partial charge in [0.2, 0.25) is 0 Å². The number of aryl methyl sites for hydroxylation is 1. The second-order valence-electron chi connectivity index (χ2n) is 36.7. The fourth-order valence-corrected chi connectivity index (χ4v) is 14.0. The SMILES string of the molecule is CC(C)(C)c1cc2[nH]ccc2cc1C(=O)N1CCCCC1.CC(C)(C)c1cc2[nH]ccc2cc1C(F)(F)F.CC(C)(C)c1cc2cc[nH]c2cc1C(C)(C)C.CC(C)CNC(=O)c1cc2cc[nH]c2cc1C(C)(C)C.CCOC(=O)c1cc2cc[nH]c2cc1C(C)(C)C.CCc1cc2cc[nH]c2cc1C(C)(C)C. The minimum atomic E-state index is -4.31. The van der Waals surface area contributed by atoms with Crippen LogP contribution in [0.15, 0.2) is 146 Å². The van der Waals surface area contributed by atoms with Gasteiger partial charge in [-0.05, 0) is 246 Å². The van der Waals surface area contributed by atoms with E-state index in [1.807, 2.05) is 79.2 Å². The number of nitrogens with zero attached hydrogens (tertiary/aromatic N) is 1. The van der Waals surface area contributed by atoms with Crippen molar-refractivity contribution in [2.45, 2.75) is 243 Å². The summed E-state index contributed by atoms with van der Waals surface area (Å²) in [6.45, 7) is 56.2. The van der Waals surface area contributed by atoms with Gasteiger partial charge in [0.25, 0.3) is 11.8 Å². The number of ether oxygens (including phenoxy) is 1. The molecule has 580 valence electrons. The summed E-state index contributed by atoms with van der Waals surface area (Å²) in [5, 5.41) is 9.46. The van der Waals surface area contributed by atoms with E-state index < -0.39 is 17.2 Å². The number of rotatable bonds is 7. The lowest BCUT2D eigenvalue weighted by molar-refractivity contribution is -0.138. The molecule has 1 aliphatic heterocycles. The number of aromatic amines is 6. The second kappa shape index (κ2) is 33.3. The third kappa shape index (κ3) is 21.2. The summed E-state index contributed by atoms with van der Waals surface area (Å²) in [4.78, 5) is 58.7. The second-order valence-corrected chi connectivity index (χ2v) is 36.7. The predicted molar refractivity (Wildman–Crippen MR) is 448 cm³/mol. The van der Waals surface area contributed by atoms with Crippen LogP contribution in [0.25, 0.3) is 65.4 Å². The first-order valence-corrected chi connectivity index (χ1v) is 38.6. The van der Waals surface area contributed by atoms with Crippen molar-refractivity contribution in [1.82, 2.24) is 40.1 Å². The third-order valence-corrected chi connectivity index (χ3v) is 19.9. The van der Waals surface area contributed by atoms with Crippen molar-refractivity contribution in [3.63, 3.8) is 0 Å². The summed E-state index contributed by atoms with van der Waals surface area (Å²) in [6, 6.07) is 36.3. The molecule has 1 saturated heterocycles. The maximum atomic E-state index is 13.0. The van der Waals surface area contributed by atoms with Crippen LogP contribution >= 0.6 is 0 Å². The van der Waals surface area contributed by atoms with Crippen molar-refractivity contribution in [2.75, 3.05) is 26.2 Å². The van der Waals surface area contributed by atoms with Crippen LogP contribution in [-0.4, -0.2) is 78.8 Å². The van der Waals surface area contributed by atoms with Crippen LogP contribution in [-0.2, 0) is 55.2 Å². The summed E-state index contributed by atoms with van der Waals surface area (Å²) in [7, 11) is 0. The van der Waals surface area contributed by atoms with Crippen molar-refractivity contribution in [3.8, 4) is 0 Å². The number of carbonyl (C=O) groups is 3. The molecule has 0 aliphatic carbocycles. The van der Waals surface area contributed by atoms with Gasteiger partial charge in [-0.3, -0.25) is 9.59 Å². The molecule has 0 bridgehead atoms. The number of alkyl halides is 3. The topological polar surface area (TPSA) is 170 Å². The van der Waals surface area contributed by atoms with Gasteiger partial charge in [0, 0.05) is 117 Å². The van der Waals surface area contributed by atoms with Crippen LogP contribution in [0.1, 0.15) is 274 Å². The molecule has 108 heavy (non-hydrogen) atoms. The van der Waals surface area contributed by atoms with Crippen LogP contribution in [0, 0.1) is 5.92 Å². The maximum Gasteiger partial charge on any atom is 0.416 e. The highest BCUT2D eigenvalue weighted by molar-refractivity contribution is 6.02. The Morgan fingerprint density at radius 1 is 0.389 bits per heavy atom. The summed E-state index contributed by atoms with van der Waals surface area (Å²) in [5.74, 6) is 0.424. The number of halogens is 3. The number of H-pyrrole nitrogens is 6. The van der Waals surface area contributed by atoms with Gasteiger partial charge in [0.15, 0.2) is 0 Å². The Balaban J connectivity index is 0.000000164. The molecule has 0 atom stereocenters. The Morgan fingerprint density at radius 2 is 0.685 bits per heavy atom. The zero-order chi connectivity index (χ0) is 80.0. The number of esters is 1. The van der Waals surface area contributed by atoms with Gasteiger partial charge >= 0.3 is 12.1 Å². The van der Waals surface area contributed by atoms with E-state index in [0.29, 0.717) is 35.6 Å². The lowest BCUT2D eigenvalue weighted by Crippen LogP contribution is -2.36. The molecule has 6 aromatic carbocycles. The molecule has 1 aliphatic rings. The highest BCUT2D eigenvalue weighted by atomic mass is 19.4. The molecule has 6 aromatic heterocycles. The molecule has 13 rings (SSSR count). The molecular weight excluding hydrogens is 1350 g/mol. The van der Waals surface area contributed by atoms with Crippen LogP contribution in [0.5, 0.6) is 0 Å². The van der Waals surface area contributed by atoms with Crippen molar-refractivity contribution >= 4 is 83.2 Å². The van der Waals surface area contributed by atoms with E-state index in [2.05, 4.69) is 235 Å². The molecule has 7 N–H and O–H groups in total. The van der Waals surface area contributed by atoms with Crippen molar-refractivity contribution in [2.24, 2.45) is 5.92 Å². The number of piperidine rings is 1. The maximum absolute atomic E-state index is 13.0. The molecule has 0 unspecified atom stereocenters. The molecular formula is C93H123F3N8O4. The monoisotopic (exact) mass is 1470 g/mol. The summed E-state index contributed by atoms with van der Waals surface area (Å²) < 4.78 is 44.1. The van der Waals surface area contributed by atoms with E-state index in [0.717, 1.165) is 98.4 Å². The molecule has 0 radical (unpaired) electrons. The lowest BCUT2D eigenvalue weighted by Gasteiger charge is -2.30. The zero-order valence-electron chi connectivity index (χ0n) is 69.3. The van der Waals surface area contributed by atoms with Crippen molar-refractivity contribution in [3.05, 3.63) is 213 Å². The van der Waals surface area contributed by atoms with Gasteiger partial charge in [-0.2, -0.15) is 13.2 Å². The Morgan fingerprint density at radius 3 is 1.04 bits per heavy atom. The molecule has 0 saturated carbocycles. The van der Waals surface area contributed by atoms with E-state index in [4.69, 9.17) is 4.74 Å². The molecule has 15 heteroatoms. The first kappa shape index (κ1) is 84.4. The largest absolute Gasteiger partial charge is 0.462 e. The number of amides is 2. The van der Waals surface area contributed by atoms with Gasteiger partial charge < -0.3 is 44.9 Å². The van der Waals surface area contributed by atoms with Crippen LogP contribution in [0.4, 0.5) is 13.2 Å². The first-order valence-electron chi connectivity index (χ1n) is 38.6. The quantitative estimate of drug-likeness (QED) is 0.0789. The third-order valence-electron chi connectivity index (χ3n) is 19.9. The Kier molecular flexibility index (Phi) is 26.0. The van der Waals surface area contributed by atoms with Crippen LogP contribution in [0.2, 0.25) is 0 Å². The van der Waals surface area contributed by atoms with E-state index in [9.17, 15) is 27.6 Å². The fraction of sp³-hybridized carbons (Fsp3) is 0.452. The molecule has 7 heterocycles. The first-order chi connectivity index (χ1) is 50.1. The fourth-order valence-electron chi connectivity index (χ4n) is 14.0. The molecule has 12 nitrogen and oxygen atoms in total. The van der Waals surface area contributed by atoms with E-state index in [1.165, 1.54) is 56.5 Å². The average molecular weight is 1470 g/mol. The minimum absolute atomic E-state index is 0.0201. The number of likely N-dealkylation sites (tertiary alicyclic amines) is 1. The minimum Gasteiger partial charge on any atom is -0.462 e. The van der Waals surface area contributed by atoms with Gasteiger partial charge in [-0.1, -0.05) is 166 Å². The number of carbonyl (C=O) groups excluding carboxylic acids is 3. The molecule has 2 amide bonds. The average Bonchev–Trinajstić information content (AvgIpc) is 1.45. The highest BCUT2D eigenvalue weighted by Crippen LogP contribution is 2.41. The lowest BCUT2D eigenvalue weighted by atomic mass is 9.75. The molecule has 1 fully saturated rings. The van der Waals surface area contributed by atoms with Crippen molar-refractivity contribution < 1.29 is 32.3 Å². The highest BCUT2D eigenvalue weighted by Gasteiger charge is 2.37. The standard InChI is InChI=1S/C18H24N2O.C17H24N2O.C16H23N.C15H19NO2.C14H19N.C13H14F3N/c1-18(2,3)15-12-16-13(7-8-19-16)11-14(15)17(21)20-9-5-4-6-10-20;1-11(2)10-19-16(20)13-8-12-6-7-18-15(12)9-14(13)17(3,4)5;1-15(2,3)12-9-11-7-8-17-14(11)10-13(12)16(4,5)6;1-5-18-14(17)11-8-10-6-7-16-13(10)9-12(11)15(2,3)4;1-5-10-8-11-6-7-15-13(11)9-12(10)14(2,3)4;1-12(2,3)9-7-11-8(4-5-17-11)6-10(9)13(14,15)16/h7-8,11-12,19H,4-6,9-10H2,1-3H3;6-9,11,18H,10H2,1-5H3,(H,19,20);7-10,17H,1-6H3;6-9,16H,5H2,1-4H3;6-9,15H,5H2,1-4H3;4-7,17H,1-3H3. The van der Waals surface area contributed by atoms with Crippen LogP contribution in [0.3, 0.4) is 0 Å². The normalized spacial score (nSPS) is 13.3. The summed E-state index contributed by atoms with van der Waals surface area (Å²) in [6.07, 6.45) is 11.7. The van der Waals surface area contributed by atoms with Gasteiger partial charge in [-0.25, -0.2) is 4.79 Å². The van der Waals surface area contributed by atoms with Crippen molar-refractivity contribution in [1.29, 1.82) is 0 Å². The zero-order valence-corrected chi connectivity index (χ0v) is 69.3. The smallest absolute Gasteiger partial charge is 0.416 e. The van der Waals surface area contributed by atoms with Gasteiger partial charge in [-0.15, -0.1) is 0 Å². The number of benzene rings is 6. The molecule has 12 aromatic rings. The number of fused-ring (bicyclic) bond motifs is 6. The molecule has 0 spiro atoms. The Hall–Kier alpha value is -9.24. The van der Waals surface area contributed by atoms with E-state index >= 15 is 0 Å². The van der Waals surface area contributed by atoms with Gasteiger partial charge in [0.1, 0.15) is 0 Å². The van der Waals surface area contributed by atoms with E-state index in [-0.39, 0.29) is 50.3 Å². The number of nitrogens with one attached hydrogen (secondary N) is 7.